The van der Waals surface area contributed by atoms with E-state index in [1.54, 1.807) is 35.3 Å². The molecule has 3 aliphatic rings. The molecule has 2 aliphatic heterocycles. The van der Waals surface area contributed by atoms with Crippen LogP contribution in [0.5, 0.6) is 0 Å². The maximum absolute atomic E-state index is 15.5. The molecule has 1 aliphatic carbocycles. The normalized spacial score (nSPS) is 22.9. The lowest BCUT2D eigenvalue weighted by atomic mass is 9.67. The molecule has 0 radical (unpaired) electrons. The topological polar surface area (TPSA) is 111 Å². The van der Waals surface area contributed by atoms with E-state index < -0.39 is 19.7 Å². The number of pyridine rings is 2. The van der Waals surface area contributed by atoms with Crippen molar-refractivity contribution >= 4 is 41.5 Å². The van der Waals surface area contributed by atoms with Gasteiger partial charge in [-0.1, -0.05) is 114 Å². The van der Waals surface area contributed by atoms with Crippen LogP contribution in [-0.2, 0) is 21.0 Å². The molecule has 0 amide bonds. The van der Waals surface area contributed by atoms with Crippen molar-refractivity contribution in [2.45, 2.75) is 31.3 Å². The summed E-state index contributed by atoms with van der Waals surface area (Å²) in [7, 11) is -6.44. The molecule has 0 saturated carbocycles. The standard InChI is InChI=1S/C41H36N4O3P2/c1-3-49(47)37-19-9-7-16-34(37)41(35-17-11-23-45(43)40(35)49)32-15-6-4-12-28(32)31-25-27(20-21-33(31)41)24-26(2)50(48)36-18-8-5-13-29(36)38(46)30-14-10-22-44(42)39(30)50/h4-23,25-26H,3,24,42-43H2,1-2H3/q+2. The highest BCUT2D eigenvalue weighted by atomic mass is 31.2. The van der Waals surface area contributed by atoms with Crippen molar-refractivity contribution in [3.63, 3.8) is 0 Å². The van der Waals surface area contributed by atoms with Crippen molar-refractivity contribution in [2.24, 2.45) is 0 Å². The lowest BCUT2D eigenvalue weighted by Gasteiger charge is -2.40. The molecule has 0 fully saturated rings. The molecule has 0 saturated heterocycles. The van der Waals surface area contributed by atoms with Gasteiger partial charge in [-0.2, -0.15) is 0 Å². The Morgan fingerprint density at radius 1 is 0.640 bits per heavy atom. The molecule has 4 unspecified atom stereocenters. The number of carbonyl (C=O) groups excluding carboxylic acids is 1. The Hall–Kier alpha value is -5.09. The van der Waals surface area contributed by atoms with Crippen LogP contribution in [0.3, 0.4) is 0 Å². The molecule has 4 heterocycles. The van der Waals surface area contributed by atoms with E-state index in [1.165, 1.54) is 4.68 Å². The fraction of sp³-hybridized carbons (Fsp3) is 0.146. The average Bonchev–Trinajstić information content (AvgIpc) is 3.43. The molecule has 4 N–H and O–H groups in total. The first-order chi connectivity index (χ1) is 24.2. The van der Waals surface area contributed by atoms with Crippen LogP contribution in [0.15, 0.2) is 128 Å². The summed E-state index contributed by atoms with van der Waals surface area (Å²) < 4.78 is 33.5. The van der Waals surface area contributed by atoms with Gasteiger partial charge in [0.1, 0.15) is 5.56 Å². The van der Waals surface area contributed by atoms with Gasteiger partial charge in [-0.3, -0.25) is 4.79 Å². The number of hydrogen-bond acceptors (Lipinski definition) is 5. The van der Waals surface area contributed by atoms with Crippen molar-refractivity contribution < 1.29 is 23.3 Å². The number of nitrogens with zero attached hydrogens (tertiary/aromatic N) is 2. The maximum Gasteiger partial charge on any atom is 0.283 e. The fourth-order valence-corrected chi connectivity index (χ4v) is 15.4. The smallest absolute Gasteiger partial charge is 0.283 e. The Bertz CT molecular complexity index is 2560. The Kier molecular flexibility index (Phi) is 6.62. The quantitative estimate of drug-likeness (QED) is 0.163. The van der Waals surface area contributed by atoms with E-state index in [-0.39, 0.29) is 11.4 Å². The summed E-state index contributed by atoms with van der Waals surface area (Å²) in [5, 5.41) is 1.41. The summed E-state index contributed by atoms with van der Waals surface area (Å²) in [6.45, 7) is 3.98. The van der Waals surface area contributed by atoms with Crippen LogP contribution in [0.1, 0.15) is 57.6 Å². The molecule has 0 bridgehead atoms. The van der Waals surface area contributed by atoms with Crippen LogP contribution >= 0.6 is 14.3 Å². The van der Waals surface area contributed by atoms with Crippen LogP contribution in [0, 0.1) is 0 Å². The lowest BCUT2D eigenvalue weighted by molar-refractivity contribution is -0.620. The first-order valence-corrected chi connectivity index (χ1v) is 20.6. The molecular weight excluding hydrogens is 658 g/mol. The van der Waals surface area contributed by atoms with Crippen molar-refractivity contribution in [1.82, 2.24) is 0 Å². The van der Waals surface area contributed by atoms with E-state index in [9.17, 15) is 4.79 Å². The summed E-state index contributed by atoms with van der Waals surface area (Å²) in [6, 6.07) is 37.9. The highest BCUT2D eigenvalue weighted by molar-refractivity contribution is 7.79. The minimum atomic E-state index is -3.39. The highest BCUT2D eigenvalue weighted by Gasteiger charge is 2.58. The van der Waals surface area contributed by atoms with E-state index in [4.69, 9.17) is 11.7 Å². The number of benzene rings is 4. The number of fused-ring (bicyclic) bond motifs is 11. The molecule has 9 heteroatoms. The molecule has 7 nitrogen and oxygen atoms in total. The van der Waals surface area contributed by atoms with Gasteiger partial charge in [-0.25, -0.2) is 11.7 Å². The van der Waals surface area contributed by atoms with Crippen molar-refractivity contribution in [1.29, 1.82) is 0 Å². The molecule has 6 aromatic rings. The van der Waals surface area contributed by atoms with E-state index in [0.717, 1.165) is 44.2 Å². The first kappa shape index (κ1) is 30.9. The van der Waals surface area contributed by atoms with Gasteiger partial charge in [-0.05, 0) is 51.9 Å². The van der Waals surface area contributed by atoms with Gasteiger partial charge >= 0.3 is 0 Å². The Morgan fingerprint density at radius 2 is 1.22 bits per heavy atom. The monoisotopic (exact) mass is 694 g/mol. The number of nitrogens with two attached hydrogens (primary N) is 2. The first-order valence-electron chi connectivity index (χ1n) is 16.9. The fourth-order valence-electron chi connectivity index (χ4n) is 9.09. The molecule has 246 valence electrons. The van der Waals surface area contributed by atoms with E-state index in [2.05, 4.69) is 54.6 Å². The number of carbonyl (C=O) groups is 1. The second-order valence-corrected chi connectivity index (χ2v) is 19.7. The van der Waals surface area contributed by atoms with Gasteiger partial charge < -0.3 is 9.13 Å². The summed E-state index contributed by atoms with van der Waals surface area (Å²) in [5.74, 6) is 13.0. The van der Waals surface area contributed by atoms with Crippen LogP contribution in [-0.4, -0.2) is 17.6 Å². The van der Waals surface area contributed by atoms with E-state index >= 15 is 9.13 Å². The molecule has 9 rings (SSSR count). The van der Waals surface area contributed by atoms with Crippen LogP contribution in [0.4, 0.5) is 0 Å². The van der Waals surface area contributed by atoms with Gasteiger partial charge in [0.2, 0.25) is 20.1 Å². The van der Waals surface area contributed by atoms with Crippen molar-refractivity contribution in [3.05, 3.63) is 167 Å². The lowest BCUT2D eigenvalue weighted by Crippen LogP contribution is -2.63. The third-order valence-electron chi connectivity index (χ3n) is 11.2. The predicted molar refractivity (Wildman–Crippen MR) is 198 cm³/mol. The molecule has 50 heavy (non-hydrogen) atoms. The van der Waals surface area contributed by atoms with Crippen LogP contribution < -0.4 is 42.5 Å². The zero-order chi connectivity index (χ0) is 34.6. The number of hydrogen-bond donors (Lipinski definition) is 2. The Labute approximate surface area is 290 Å². The number of aromatic nitrogens is 2. The molecular formula is C41H36N4O3P2+2. The van der Waals surface area contributed by atoms with Gasteiger partial charge in [0.25, 0.3) is 10.9 Å². The Balaban J connectivity index is 1.25. The van der Waals surface area contributed by atoms with Gasteiger partial charge in [0.15, 0.2) is 12.4 Å². The zero-order valence-electron chi connectivity index (χ0n) is 27.8. The average molecular weight is 695 g/mol. The van der Waals surface area contributed by atoms with E-state index in [1.807, 2.05) is 56.3 Å². The summed E-state index contributed by atoms with van der Waals surface area (Å²) in [5.41, 5.74) is 8.24. The van der Waals surface area contributed by atoms with E-state index in [0.29, 0.717) is 39.9 Å². The van der Waals surface area contributed by atoms with Gasteiger partial charge in [0.05, 0.1) is 11.0 Å². The molecule has 4 atom stereocenters. The predicted octanol–water partition coefficient (Wildman–Crippen LogP) is 4.19. The minimum Gasteiger partial charge on any atom is -0.307 e. The molecule has 4 aromatic carbocycles. The number of ketones is 1. The highest BCUT2D eigenvalue weighted by Crippen LogP contribution is 2.62. The summed E-state index contributed by atoms with van der Waals surface area (Å²) in [6.07, 6.45) is 4.41. The maximum atomic E-state index is 15.5. The van der Waals surface area contributed by atoms with Crippen LogP contribution in [0.25, 0.3) is 11.1 Å². The Morgan fingerprint density at radius 3 is 1.98 bits per heavy atom. The van der Waals surface area contributed by atoms with Crippen LogP contribution in [0.2, 0.25) is 0 Å². The third kappa shape index (κ3) is 3.74. The molecule has 1 spiro atoms. The van der Waals surface area contributed by atoms with Gasteiger partial charge in [-0.15, -0.1) is 0 Å². The summed E-state index contributed by atoms with van der Waals surface area (Å²) in [4.78, 5) is 13.6. The molecule has 2 aromatic heterocycles. The number of rotatable bonds is 4. The second kappa shape index (κ2) is 10.7. The van der Waals surface area contributed by atoms with Crippen molar-refractivity contribution in [2.75, 3.05) is 17.8 Å². The SMILES string of the molecule is CCP1(=O)c2ccccc2C2(c3ccccc3-c3cc(CC(C)P4(=O)c5ccccc5C(=O)c5ccc[n+](N)c54)ccc32)c2ccc[n+](N)c21. The third-order valence-corrected chi connectivity index (χ3v) is 18.1. The largest absolute Gasteiger partial charge is 0.307 e. The minimum absolute atomic E-state index is 0.159. The van der Waals surface area contributed by atoms with Gasteiger partial charge in [0, 0.05) is 40.1 Å². The zero-order valence-corrected chi connectivity index (χ0v) is 29.6. The summed E-state index contributed by atoms with van der Waals surface area (Å²) >= 11 is 0. The number of nitrogen functional groups attached to an aromatic ring is 2. The second-order valence-electron chi connectivity index (χ2n) is 13.6. The van der Waals surface area contributed by atoms with Crippen molar-refractivity contribution in [3.8, 4) is 11.1 Å².